The molecule has 0 radical (unpaired) electrons. The second-order valence-corrected chi connectivity index (χ2v) is 6.27. The lowest BCUT2D eigenvalue weighted by molar-refractivity contribution is -0.110. The summed E-state index contributed by atoms with van der Waals surface area (Å²) in [7, 11) is 0. The zero-order valence-electron chi connectivity index (χ0n) is 13.6. The number of amides is 3. The first-order valence-electron chi connectivity index (χ1n) is 8.33. The topological polar surface area (TPSA) is 97.1 Å². The van der Waals surface area contributed by atoms with E-state index in [0.717, 1.165) is 48.1 Å². The van der Waals surface area contributed by atoms with Crippen molar-refractivity contribution in [2.24, 2.45) is 5.73 Å². The van der Waals surface area contributed by atoms with Gasteiger partial charge >= 0.3 is 6.03 Å². The number of fused-ring (bicyclic) bond motifs is 2. The fraction of sp³-hybridized carbons (Fsp3) is 0.211. The summed E-state index contributed by atoms with van der Waals surface area (Å²) in [6, 6.07) is 6.95. The molecule has 6 nitrogen and oxygen atoms in total. The molecule has 0 saturated heterocycles. The Morgan fingerprint density at radius 3 is 2.80 bits per heavy atom. The van der Waals surface area contributed by atoms with Crippen LogP contribution in [0.25, 0.3) is 11.6 Å². The van der Waals surface area contributed by atoms with Crippen LogP contribution in [-0.4, -0.2) is 16.9 Å². The number of carbonyl (C=O) groups excluding carboxylic acids is 2. The standard InChI is InChI=1S/C19H18N4O2/c20-19(25)22-16-8-7-11(12-4-1-2-5-13(12)16)10-15-14-6-3-9-21-17(14)23-18(15)24/h3,6-10H,1-2,4-5H2,(H3,20,22,25)(H,21,23,24). The van der Waals surface area contributed by atoms with Gasteiger partial charge in [-0.3, -0.25) is 4.79 Å². The van der Waals surface area contributed by atoms with Gasteiger partial charge in [0.15, 0.2) is 0 Å². The van der Waals surface area contributed by atoms with Gasteiger partial charge in [0, 0.05) is 17.4 Å². The normalized spacial score (nSPS) is 17.0. The van der Waals surface area contributed by atoms with Crippen LogP contribution in [0.4, 0.5) is 16.3 Å². The molecule has 2 aliphatic rings. The van der Waals surface area contributed by atoms with Crippen LogP contribution in [0.15, 0.2) is 30.5 Å². The maximum Gasteiger partial charge on any atom is 0.316 e. The predicted octanol–water partition coefficient (Wildman–Crippen LogP) is 2.94. The first-order chi connectivity index (χ1) is 12.1. The van der Waals surface area contributed by atoms with E-state index in [0.29, 0.717) is 11.4 Å². The van der Waals surface area contributed by atoms with Gasteiger partial charge in [-0.25, -0.2) is 9.78 Å². The quantitative estimate of drug-likeness (QED) is 0.737. The second-order valence-electron chi connectivity index (χ2n) is 6.27. The van der Waals surface area contributed by atoms with Gasteiger partial charge in [-0.15, -0.1) is 0 Å². The zero-order valence-corrected chi connectivity index (χ0v) is 13.6. The first kappa shape index (κ1) is 15.4. The number of pyridine rings is 1. The number of primary amides is 1. The fourth-order valence-electron chi connectivity index (χ4n) is 3.60. The van der Waals surface area contributed by atoms with Crippen LogP contribution in [0.5, 0.6) is 0 Å². The zero-order chi connectivity index (χ0) is 17.4. The van der Waals surface area contributed by atoms with Gasteiger partial charge in [0.1, 0.15) is 5.82 Å². The monoisotopic (exact) mass is 334 g/mol. The van der Waals surface area contributed by atoms with E-state index in [4.69, 9.17) is 5.73 Å². The van der Waals surface area contributed by atoms with Crippen molar-refractivity contribution in [2.75, 3.05) is 10.6 Å². The van der Waals surface area contributed by atoms with Gasteiger partial charge in [-0.2, -0.15) is 0 Å². The molecule has 6 heteroatoms. The number of hydrogen-bond donors (Lipinski definition) is 3. The molecule has 2 aromatic rings. The fourth-order valence-corrected chi connectivity index (χ4v) is 3.60. The highest BCUT2D eigenvalue weighted by atomic mass is 16.2. The van der Waals surface area contributed by atoms with Gasteiger partial charge in [0.2, 0.25) is 0 Å². The smallest absolute Gasteiger partial charge is 0.316 e. The molecule has 0 atom stereocenters. The molecule has 1 aromatic carbocycles. The Bertz CT molecular complexity index is 918. The van der Waals surface area contributed by atoms with Crippen molar-refractivity contribution in [3.05, 3.63) is 52.7 Å². The molecule has 0 unspecified atom stereocenters. The summed E-state index contributed by atoms with van der Waals surface area (Å²) in [6.07, 6.45) is 7.56. The molecule has 126 valence electrons. The Morgan fingerprint density at radius 1 is 1.20 bits per heavy atom. The third-order valence-corrected chi connectivity index (χ3v) is 4.70. The van der Waals surface area contributed by atoms with E-state index in [2.05, 4.69) is 15.6 Å². The van der Waals surface area contributed by atoms with Crippen molar-refractivity contribution in [1.29, 1.82) is 0 Å². The molecular weight excluding hydrogens is 316 g/mol. The number of nitrogens with one attached hydrogen (secondary N) is 2. The maximum atomic E-state index is 12.3. The lowest BCUT2D eigenvalue weighted by atomic mass is 9.86. The van der Waals surface area contributed by atoms with E-state index in [1.165, 1.54) is 5.56 Å². The number of nitrogens with zero attached hydrogens (tertiary/aromatic N) is 1. The summed E-state index contributed by atoms with van der Waals surface area (Å²) >= 11 is 0. The molecule has 2 heterocycles. The van der Waals surface area contributed by atoms with Gasteiger partial charge in [-0.05, 0) is 66.6 Å². The molecule has 0 fully saturated rings. The number of aromatic nitrogens is 1. The molecule has 0 spiro atoms. The summed E-state index contributed by atoms with van der Waals surface area (Å²) in [5.41, 5.74) is 10.8. The third-order valence-electron chi connectivity index (χ3n) is 4.70. The molecule has 1 aliphatic carbocycles. The summed E-state index contributed by atoms with van der Waals surface area (Å²) in [4.78, 5) is 27.8. The van der Waals surface area contributed by atoms with E-state index >= 15 is 0 Å². The SMILES string of the molecule is NC(=O)Nc1ccc(C=C2C(=O)Nc3ncccc32)c2c1CCCC2. The van der Waals surface area contributed by atoms with Crippen LogP contribution in [0.1, 0.15) is 35.1 Å². The maximum absolute atomic E-state index is 12.3. The number of benzene rings is 1. The van der Waals surface area contributed by atoms with Gasteiger partial charge in [0.05, 0.1) is 5.57 Å². The van der Waals surface area contributed by atoms with Crippen molar-refractivity contribution in [2.45, 2.75) is 25.7 Å². The largest absolute Gasteiger partial charge is 0.351 e. The Kier molecular flexibility index (Phi) is 3.72. The summed E-state index contributed by atoms with van der Waals surface area (Å²) < 4.78 is 0. The summed E-state index contributed by atoms with van der Waals surface area (Å²) in [6.45, 7) is 0. The number of hydrogen-bond acceptors (Lipinski definition) is 3. The van der Waals surface area contributed by atoms with Crippen molar-refractivity contribution < 1.29 is 9.59 Å². The van der Waals surface area contributed by atoms with E-state index < -0.39 is 6.03 Å². The van der Waals surface area contributed by atoms with Crippen LogP contribution in [-0.2, 0) is 17.6 Å². The third kappa shape index (κ3) is 2.76. The molecule has 1 aromatic heterocycles. The van der Waals surface area contributed by atoms with E-state index in [-0.39, 0.29) is 5.91 Å². The van der Waals surface area contributed by atoms with E-state index in [1.807, 2.05) is 30.3 Å². The minimum absolute atomic E-state index is 0.141. The Hall–Kier alpha value is -3.15. The Labute approximate surface area is 145 Å². The first-order valence-corrected chi connectivity index (χ1v) is 8.33. The van der Waals surface area contributed by atoms with Crippen LogP contribution in [0.2, 0.25) is 0 Å². The Balaban J connectivity index is 1.82. The lowest BCUT2D eigenvalue weighted by Crippen LogP contribution is -2.21. The predicted molar refractivity (Wildman–Crippen MR) is 97.0 cm³/mol. The van der Waals surface area contributed by atoms with Crippen LogP contribution >= 0.6 is 0 Å². The summed E-state index contributed by atoms with van der Waals surface area (Å²) in [5.74, 6) is 0.456. The number of nitrogens with two attached hydrogens (primary N) is 1. The van der Waals surface area contributed by atoms with Gasteiger partial charge in [0.25, 0.3) is 5.91 Å². The number of carbonyl (C=O) groups is 2. The van der Waals surface area contributed by atoms with Crippen molar-refractivity contribution in [1.82, 2.24) is 4.98 Å². The van der Waals surface area contributed by atoms with Crippen molar-refractivity contribution in [3.8, 4) is 0 Å². The average molecular weight is 334 g/mol. The Morgan fingerprint density at radius 2 is 2.00 bits per heavy atom. The highest BCUT2D eigenvalue weighted by molar-refractivity contribution is 6.34. The minimum atomic E-state index is -0.561. The molecule has 1 aliphatic heterocycles. The highest BCUT2D eigenvalue weighted by Gasteiger charge is 2.25. The lowest BCUT2D eigenvalue weighted by Gasteiger charge is -2.22. The number of urea groups is 1. The number of anilines is 2. The molecular formula is C19H18N4O2. The number of rotatable bonds is 2. The minimum Gasteiger partial charge on any atom is -0.351 e. The highest BCUT2D eigenvalue weighted by Crippen LogP contribution is 2.35. The van der Waals surface area contributed by atoms with Crippen LogP contribution in [0.3, 0.4) is 0 Å². The van der Waals surface area contributed by atoms with Gasteiger partial charge in [-0.1, -0.05) is 6.07 Å². The molecule has 4 N–H and O–H groups in total. The van der Waals surface area contributed by atoms with Crippen LogP contribution in [0, 0.1) is 0 Å². The second kappa shape index (κ2) is 6.05. The summed E-state index contributed by atoms with van der Waals surface area (Å²) in [5, 5.41) is 5.50. The van der Waals surface area contributed by atoms with E-state index in [9.17, 15) is 9.59 Å². The molecule has 0 saturated carbocycles. The van der Waals surface area contributed by atoms with Gasteiger partial charge < -0.3 is 16.4 Å². The average Bonchev–Trinajstić information content (AvgIpc) is 2.92. The van der Waals surface area contributed by atoms with E-state index in [1.54, 1.807) is 6.20 Å². The van der Waals surface area contributed by atoms with Crippen LogP contribution < -0.4 is 16.4 Å². The van der Waals surface area contributed by atoms with Crippen molar-refractivity contribution >= 4 is 35.1 Å². The molecule has 3 amide bonds. The van der Waals surface area contributed by atoms with Crippen molar-refractivity contribution in [3.63, 3.8) is 0 Å². The molecule has 25 heavy (non-hydrogen) atoms. The molecule has 0 bridgehead atoms. The molecule has 4 rings (SSSR count).